The van der Waals surface area contributed by atoms with Gasteiger partial charge in [-0.25, -0.2) is 0 Å². The molecule has 2 aromatic carbocycles. The van der Waals surface area contributed by atoms with E-state index in [1.165, 1.54) is 16.7 Å². The molecule has 5 nitrogen and oxygen atoms in total. The Kier molecular flexibility index (Phi) is 6.84. The third-order valence-corrected chi connectivity index (χ3v) is 6.68. The lowest BCUT2D eigenvalue weighted by Crippen LogP contribution is -2.26. The maximum Gasteiger partial charge on any atom is 0.225 e. The van der Waals surface area contributed by atoms with Crippen LogP contribution in [0.3, 0.4) is 0 Å². The first-order valence-corrected chi connectivity index (χ1v) is 11.9. The Morgan fingerprint density at radius 3 is 2.61 bits per heavy atom. The molecule has 2 heterocycles. The van der Waals surface area contributed by atoms with Crippen LogP contribution < -0.4 is 5.32 Å². The third-order valence-electron chi connectivity index (χ3n) is 4.80. The van der Waals surface area contributed by atoms with E-state index in [-0.39, 0.29) is 5.91 Å². The van der Waals surface area contributed by atoms with Crippen LogP contribution in [0.15, 0.2) is 71.2 Å². The van der Waals surface area contributed by atoms with Gasteiger partial charge in [0, 0.05) is 16.3 Å². The quantitative estimate of drug-likeness (QED) is 0.381. The minimum absolute atomic E-state index is 0.0186. The van der Waals surface area contributed by atoms with Gasteiger partial charge in [0.05, 0.1) is 13.0 Å². The van der Waals surface area contributed by atoms with Crippen molar-refractivity contribution in [2.75, 3.05) is 0 Å². The molecule has 158 valence electrons. The Balaban J connectivity index is 1.53. The molecule has 2 aromatic heterocycles. The van der Waals surface area contributed by atoms with Crippen LogP contribution in [0.4, 0.5) is 0 Å². The Labute approximate surface area is 190 Å². The average molecular weight is 449 g/mol. The smallest absolute Gasteiger partial charge is 0.225 e. The predicted molar refractivity (Wildman–Crippen MR) is 127 cm³/mol. The summed E-state index contributed by atoms with van der Waals surface area (Å²) in [5.41, 5.74) is 4.67. The zero-order chi connectivity index (χ0) is 21.6. The maximum absolute atomic E-state index is 12.4. The third kappa shape index (κ3) is 5.62. The summed E-state index contributed by atoms with van der Waals surface area (Å²) in [5, 5.41) is 14.6. The topological polar surface area (TPSA) is 59.8 Å². The molecule has 0 spiro atoms. The summed E-state index contributed by atoms with van der Waals surface area (Å²) in [6.45, 7) is 4.49. The summed E-state index contributed by atoms with van der Waals surface area (Å²) < 4.78 is 2.03. The van der Waals surface area contributed by atoms with Gasteiger partial charge in [-0.3, -0.25) is 9.36 Å². The van der Waals surface area contributed by atoms with Gasteiger partial charge in [-0.2, -0.15) is 0 Å². The van der Waals surface area contributed by atoms with E-state index in [2.05, 4.69) is 77.9 Å². The highest BCUT2D eigenvalue weighted by Crippen LogP contribution is 2.26. The standard InChI is InChI=1S/C24H24N4OS2/c1-17-8-10-20(11-9-17)28-22(15-25-23(29)14-21-7-4-12-30-21)26-27-24(28)31-16-19-6-3-5-18(2)13-19/h3-13H,14-16H2,1-2H3,(H,25,29). The van der Waals surface area contributed by atoms with Crippen LogP contribution in [0.5, 0.6) is 0 Å². The molecule has 0 fully saturated rings. The Bertz CT molecular complexity index is 1150. The highest BCUT2D eigenvalue weighted by Gasteiger charge is 2.16. The molecule has 4 rings (SSSR count). The lowest BCUT2D eigenvalue weighted by atomic mass is 10.2. The van der Waals surface area contributed by atoms with Crippen molar-refractivity contribution in [2.45, 2.75) is 37.7 Å². The molecule has 0 saturated heterocycles. The van der Waals surface area contributed by atoms with Crippen LogP contribution >= 0.6 is 23.1 Å². The van der Waals surface area contributed by atoms with E-state index in [0.29, 0.717) is 13.0 Å². The Morgan fingerprint density at radius 1 is 1.03 bits per heavy atom. The molecule has 4 aromatic rings. The Morgan fingerprint density at radius 2 is 1.87 bits per heavy atom. The monoisotopic (exact) mass is 448 g/mol. The zero-order valence-corrected chi connectivity index (χ0v) is 19.2. The molecule has 0 aliphatic rings. The van der Waals surface area contributed by atoms with Gasteiger partial charge in [0.25, 0.3) is 0 Å². The average Bonchev–Trinajstić information content (AvgIpc) is 3.41. The fourth-order valence-electron chi connectivity index (χ4n) is 3.22. The number of thiophene rings is 1. The SMILES string of the molecule is Cc1ccc(-n2c(CNC(=O)Cc3cccs3)nnc2SCc2cccc(C)c2)cc1. The van der Waals surface area contributed by atoms with E-state index in [4.69, 9.17) is 0 Å². The number of amides is 1. The first kappa shape index (κ1) is 21.3. The number of nitrogens with one attached hydrogen (secondary N) is 1. The number of nitrogens with zero attached hydrogens (tertiary/aromatic N) is 3. The molecular formula is C24H24N4OS2. The molecule has 0 bridgehead atoms. The lowest BCUT2D eigenvalue weighted by Gasteiger charge is -2.11. The summed E-state index contributed by atoms with van der Waals surface area (Å²) >= 11 is 3.23. The van der Waals surface area contributed by atoms with Crippen molar-refractivity contribution in [3.8, 4) is 5.69 Å². The van der Waals surface area contributed by atoms with Gasteiger partial charge in [-0.1, -0.05) is 65.4 Å². The zero-order valence-electron chi connectivity index (χ0n) is 17.5. The number of benzene rings is 2. The van der Waals surface area contributed by atoms with E-state index in [0.717, 1.165) is 27.3 Å². The fraction of sp³-hybridized carbons (Fsp3) is 0.208. The van der Waals surface area contributed by atoms with Crippen molar-refractivity contribution >= 4 is 29.0 Å². The second-order valence-electron chi connectivity index (χ2n) is 7.38. The van der Waals surface area contributed by atoms with Crippen LogP contribution in [0, 0.1) is 13.8 Å². The molecule has 0 atom stereocenters. The van der Waals surface area contributed by atoms with Crippen LogP contribution in [0.1, 0.15) is 27.4 Å². The van der Waals surface area contributed by atoms with E-state index in [1.54, 1.807) is 23.1 Å². The number of aryl methyl sites for hydroxylation is 2. The van der Waals surface area contributed by atoms with E-state index >= 15 is 0 Å². The van der Waals surface area contributed by atoms with E-state index in [9.17, 15) is 4.79 Å². The molecule has 31 heavy (non-hydrogen) atoms. The number of hydrogen-bond acceptors (Lipinski definition) is 5. The molecule has 0 aliphatic heterocycles. The van der Waals surface area contributed by atoms with Crippen LogP contribution in [-0.2, 0) is 23.5 Å². The fourth-order valence-corrected chi connectivity index (χ4v) is 4.84. The molecule has 1 amide bonds. The van der Waals surface area contributed by atoms with Crippen molar-refractivity contribution in [3.63, 3.8) is 0 Å². The van der Waals surface area contributed by atoms with Crippen molar-refractivity contribution < 1.29 is 4.79 Å². The van der Waals surface area contributed by atoms with Crippen molar-refractivity contribution in [1.29, 1.82) is 0 Å². The summed E-state index contributed by atoms with van der Waals surface area (Å²) in [7, 11) is 0. The van der Waals surface area contributed by atoms with Gasteiger partial charge in [0.2, 0.25) is 5.91 Å². The van der Waals surface area contributed by atoms with Crippen LogP contribution in [-0.4, -0.2) is 20.7 Å². The largest absolute Gasteiger partial charge is 0.348 e. The molecule has 0 radical (unpaired) electrons. The van der Waals surface area contributed by atoms with Crippen molar-refractivity contribution in [2.24, 2.45) is 0 Å². The summed E-state index contributed by atoms with van der Waals surface area (Å²) in [6, 6.07) is 20.7. The van der Waals surface area contributed by atoms with Gasteiger partial charge in [-0.05, 0) is 43.0 Å². The van der Waals surface area contributed by atoms with Gasteiger partial charge in [-0.15, -0.1) is 21.5 Å². The molecule has 1 N–H and O–H groups in total. The van der Waals surface area contributed by atoms with Gasteiger partial charge in [0.1, 0.15) is 0 Å². The number of thioether (sulfide) groups is 1. The normalized spacial score (nSPS) is 10.9. The first-order chi connectivity index (χ1) is 15.1. The van der Waals surface area contributed by atoms with Crippen molar-refractivity contribution in [3.05, 3.63) is 93.4 Å². The highest BCUT2D eigenvalue weighted by atomic mass is 32.2. The number of carbonyl (C=O) groups excluding carboxylic acids is 1. The number of rotatable bonds is 8. The van der Waals surface area contributed by atoms with E-state index in [1.807, 2.05) is 22.1 Å². The van der Waals surface area contributed by atoms with Gasteiger partial charge < -0.3 is 5.32 Å². The number of aromatic nitrogens is 3. The number of hydrogen-bond donors (Lipinski definition) is 1. The maximum atomic E-state index is 12.4. The Hall–Kier alpha value is -2.90. The molecule has 0 saturated carbocycles. The van der Waals surface area contributed by atoms with Gasteiger partial charge in [0.15, 0.2) is 11.0 Å². The first-order valence-electron chi connectivity index (χ1n) is 10.1. The number of carbonyl (C=O) groups is 1. The van der Waals surface area contributed by atoms with Gasteiger partial charge >= 0.3 is 0 Å². The molecule has 0 aliphatic carbocycles. The van der Waals surface area contributed by atoms with E-state index < -0.39 is 0 Å². The highest BCUT2D eigenvalue weighted by molar-refractivity contribution is 7.98. The molecule has 7 heteroatoms. The summed E-state index contributed by atoms with van der Waals surface area (Å²) in [4.78, 5) is 13.4. The summed E-state index contributed by atoms with van der Waals surface area (Å²) in [5.74, 6) is 1.50. The minimum atomic E-state index is -0.0186. The second kappa shape index (κ2) is 9.94. The van der Waals surface area contributed by atoms with Crippen LogP contribution in [0.2, 0.25) is 0 Å². The van der Waals surface area contributed by atoms with Crippen molar-refractivity contribution in [1.82, 2.24) is 20.1 Å². The second-order valence-corrected chi connectivity index (χ2v) is 9.36. The molecular weight excluding hydrogens is 424 g/mol. The predicted octanol–water partition coefficient (Wildman–Crippen LogP) is 5.10. The lowest BCUT2D eigenvalue weighted by molar-refractivity contribution is -0.120. The minimum Gasteiger partial charge on any atom is -0.348 e. The van der Waals surface area contributed by atoms with Crippen LogP contribution in [0.25, 0.3) is 5.69 Å². The summed E-state index contributed by atoms with van der Waals surface area (Å²) in [6.07, 6.45) is 0.380. The molecule has 0 unspecified atom stereocenters.